The van der Waals surface area contributed by atoms with E-state index in [1.807, 2.05) is 27.7 Å². The number of carbonyl (C=O) groups is 2. The summed E-state index contributed by atoms with van der Waals surface area (Å²) in [6.07, 6.45) is 13.6. The van der Waals surface area contributed by atoms with Crippen LogP contribution in [0, 0.1) is 10.8 Å². The number of fused-ring (bicyclic) bond motifs is 4. The van der Waals surface area contributed by atoms with Gasteiger partial charge < -0.3 is 9.59 Å². The summed E-state index contributed by atoms with van der Waals surface area (Å²) >= 11 is 11.6. The summed E-state index contributed by atoms with van der Waals surface area (Å²) in [5.74, 6) is 1.26. The van der Waals surface area contributed by atoms with Gasteiger partial charge in [-0.05, 0) is 153 Å². The minimum Gasteiger partial charge on any atom is -0.303 e. The second kappa shape index (κ2) is 18.6. The quantitative estimate of drug-likeness (QED) is 0.131. The van der Waals surface area contributed by atoms with Crippen molar-refractivity contribution in [1.29, 1.82) is 0 Å². The first-order valence-electron chi connectivity index (χ1n) is 22.5. The topological polar surface area (TPSA) is 34.1 Å². The van der Waals surface area contributed by atoms with Crippen LogP contribution in [-0.2, 0) is 81.5 Å². The smallest absolute Gasteiger partial charge is 0.125 e. The molecule has 0 fully saturated rings. The minimum atomic E-state index is -0.253. The van der Waals surface area contributed by atoms with E-state index in [1.165, 1.54) is 118 Å². The van der Waals surface area contributed by atoms with Gasteiger partial charge in [-0.25, -0.2) is 0 Å². The number of aryl methyl sites for hydroxylation is 4. The van der Waals surface area contributed by atoms with Crippen molar-refractivity contribution in [1.82, 2.24) is 0 Å². The highest BCUT2D eigenvalue weighted by atomic mass is 35.5. The van der Waals surface area contributed by atoms with Gasteiger partial charge in [0.05, 0.1) is 0 Å². The van der Waals surface area contributed by atoms with Crippen molar-refractivity contribution in [2.24, 2.45) is 10.8 Å². The summed E-state index contributed by atoms with van der Waals surface area (Å²) in [7, 11) is 0. The molecular weight excluding hydrogens is 776 g/mol. The Morgan fingerprint density at radius 2 is 0.733 bits per heavy atom. The van der Waals surface area contributed by atoms with Gasteiger partial charge in [0.1, 0.15) is 12.6 Å². The number of rotatable bonds is 8. The van der Waals surface area contributed by atoms with Crippen molar-refractivity contribution < 1.29 is 9.59 Å². The maximum Gasteiger partial charge on any atom is 0.125 e. The van der Waals surface area contributed by atoms with E-state index in [0.29, 0.717) is 33.4 Å². The van der Waals surface area contributed by atoms with Crippen LogP contribution in [0.15, 0.2) is 72.8 Å². The highest BCUT2D eigenvalue weighted by molar-refractivity contribution is 6.17. The third kappa shape index (κ3) is 11.6. The molecule has 0 heterocycles. The molecule has 0 bridgehead atoms. The lowest BCUT2D eigenvalue weighted by Crippen LogP contribution is -2.17. The summed E-state index contributed by atoms with van der Waals surface area (Å²) in [5, 5.41) is 0. The van der Waals surface area contributed by atoms with E-state index >= 15 is 0 Å². The van der Waals surface area contributed by atoms with Gasteiger partial charge in [-0.15, -0.1) is 23.2 Å². The Morgan fingerprint density at radius 3 is 1.15 bits per heavy atom. The van der Waals surface area contributed by atoms with Crippen LogP contribution in [0.4, 0.5) is 0 Å². The van der Waals surface area contributed by atoms with Crippen molar-refractivity contribution in [3.05, 3.63) is 140 Å². The number of halogens is 2. The van der Waals surface area contributed by atoms with E-state index in [9.17, 15) is 9.59 Å². The number of carbonyl (C=O) groups excluding carboxylic acids is 2. The molecule has 0 radical (unpaired) electrons. The van der Waals surface area contributed by atoms with Gasteiger partial charge in [0.25, 0.3) is 0 Å². The van der Waals surface area contributed by atoms with Gasteiger partial charge in [-0.1, -0.05) is 156 Å². The molecule has 4 heteroatoms. The fourth-order valence-electron chi connectivity index (χ4n) is 9.82. The van der Waals surface area contributed by atoms with Crippen LogP contribution in [0.5, 0.6) is 0 Å². The molecule has 60 heavy (non-hydrogen) atoms. The maximum atomic E-state index is 11.0. The summed E-state index contributed by atoms with van der Waals surface area (Å²) in [4.78, 5) is 22.0. The highest BCUT2D eigenvalue weighted by Crippen LogP contribution is 2.42. The average molecular weight is 850 g/mol. The Morgan fingerprint density at radius 1 is 0.433 bits per heavy atom. The molecule has 0 N–H and O–H groups in total. The zero-order valence-corrected chi connectivity index (χ0v) is 40.7. The number of hydrogen-bond acceptors (Lipinski definition) is 2. The zero-order chi connectivity index (χ0) is 44.3. The third-order valence-corrected chi connectivity index (χ3v) is 14.6. The molecule has 0 unspecified atom stereocenters. The van der Waals surface area contributed by atoms with E-state index in [-0.39, 0.29) is 10.8 Å². The van der Waals surface area contributed by atoms with Gasteiger partial charge in [-0.3, -0.25) is 0 Å². The predicted octanol–water partition coefficient (Wildman–Crippen LogP) is 14.7. The monoisotopic (exact) mass is 849 g/mol. The lowest BCUT2D eigenvalue weighted by atomic mass is 9.82. The van der Waals surface area contributed by atoms with Gasteiger partial charge in [0, 0.05) is 22.6 Å². The van der Waals surface area contributed by atoms with Crippen LogP contribution in [-0.4, -0.2) is 12.6 Å². The molecular formula is C56H74Cl2O2. The van der Waals surface area contributed by atoms with E-state index in [4.69, 9.17) is 23.2 Å². The molecule has 0 saturated carbocycles. The molecule has 0 saturated heterocycles. The molecule has 0 atom stereocenters. The summed E-state index contributed by atoms with van der Waals surface area (Å²) in [6, 6.07) is 26.8. The molecule has 4 aromatic carbocycles. The van der Waals surface area contributed by atoms with E-state index < -0.39 is 0 Å². The predicted molar refractivity (Wildman–Crippen MR) is 257 cm³/mol. The van der Waals surface area contributed by atoms with Crippen molar-refractivity contribution in [3.8, 4) is 0 Å². The van der Waals surface area contributed by atoms with Crippen LogP contribution in [0.25, 0.3) is 0 Å². The van der Waals surface area contributed by atoms with Crippen LogP contribution in [0.2, 0.25) is 0 Å². The van der Waals surface area contributed by atoms with E-state index in [1.54, 1.807) is 0 Å². The molecule has 324 valence electrons. The first-order valence-corrected chi connectivity index (χ1v) is 23.6. The van der Waals surface area contributed by atoms with Crippen molar-refractivity contribution in [2.75, 3.05) is 0 Å². The first-order chi connectivity index (χ1) is 27.9. The Balaban J connectivity index is 0.000000153. The van der Waals surface area contributed by atoms with Crippen molar-refractivity contribution in [2.45, 2.75) is 181 Å². The normalized spacial score (nSPS) is 18.2. The number of aldehydes is 2. The van der Waals surface area contributed by atoms with E-state index in [0.717, 1.165) is 25.4 Å². The van der Waals surface area contributed by atoms with Crippen LogP contribution in [0.3, 0.4) is 0 Å². The van der Waals surface area contributed by atoms with Gasteiger partial charge in [0.2, 0.25) is 0 Å². The Labute approximate surface area is 374 Å². The average Bonchev–Trinajstić information content (AvgIpc) is 3.89. The molecule has 0 amide bonds. The Kier molecular flexibility index (Phi) is 14.9. The van der Waals surface area contributed by atoms with Gasteiger partial charge >= 0.3 is 0 Å². The summed E-state index contributed by atoms with van der Waals surface area (Å²) in [6.45, 7) is 26.5. The molecule has 4 aromatic rings. The fourth-order valence-corrected chi connectivity index (χ4v) is 10.2. The standard InChI is InChI=1S/2C16H22O.2C12H15Cl/c1-15(2,11-17)10-12-5-6-14-13(9-12)7-8-16(14,3)4;1-15(2,11-17)10-12-5-6-13-7-8-16(3,4)14(13)9-12;1-12(2)6-5-10-7-9(8-13)3-4-11(10)12;1-12(2)6-5-10-4-3-9(8-13)7-11(10)12/h2*5-6,9,11H,7-8,10H2,1-4H3;2*3-4,7H,5-6,8H2,1-2H3. The molecule has 0 aliphatic heterocycles. The van der Waals surface area contributed by atoms with Crippen LogP contribution < -0.4 is 0 Å². The summed E-state index contributed by atoms with van der Waals surface area (Å²) in [5.41, 5.74) is 17.9. The highest BCUT2D eigenvalue weighted by Gasteiger charge is 2.33. The molecule has 4 aliphatic carbocycles. The Bertz CT molecular complexity index is 2150. The molecule has 8 rings (SSSR count). The minimum absolute atomic E-state index is 0.248. The molecule has 0 spiro atoms. The molecule has 4 aliphatic rings. The number of benzene rings is 4. The maximum absolute atomic E-state index is 11.0. The second-order valence-corrected chi connectivity index (χ2v) is 22.9. The first kappa shape index (κ1) is 47.8. The lowest BCUT2D eigenvalue weighted by Gasteiger charge is -2.21. The largest absolute Gasteiger partial charge is 0.303 e. The summed E-state index contributed by atoms with van der Waals surface area (Å²) < 4.78 is 0. The van der Waals surface area contributed by atoms with Crippen molar-refractivity contribution in [3.63, 3.8) is 0 Å². The van der Waals surface area contributed by atoms with Gasteiger partial charge in [-0.2, -0.15) is 0 Å². The lowest BCUT2D eigenvalue weighted by molar-refractivity contribution is -0.115. The van der Waals surface area contributed by atoms with Gasteiger partial charge in [0.15, 0.2) is 0 Å². The second-order valence-electron chi connectivity index (χ2n) is 22.3. The number of hydrogen-bond donors (Lipinski definition) is 0. The Hall–Kier alpha value is -3.20. The fraction of sp³-hybridized carbons (Fsp3) is 0.536. The molecule has 2 nitrogen and oxygen atoms in total. The number of alkyl halides is 2. The zero-order valence-electron chi connectivity index (χ0n) is 39.1. The van der Waals surface area contributed by atoms with E-state index in [2.05, 4.69) is 128 Å². The third-order valence-electron chi connectivity index (χ3n) is 13.9. The van der Waals surface area contributed by atoms with Crippen molar-refractivity contribution >= 4 is 35.8 Å². The SMILES string of the molecule is CC(C)(C=O)Cc1ccc2c(c1)C(C)(C)CC2.CC(C)(C=O)Cc1ccc2c(c1)CCC2(C)C.CC1(C)CCc2cc(CCl)ccc21.CC1(C)CCc2ccc(CCl)cc21. The molecule has 0 aromatic heterocycles. The van der Waals surface area contributed by atoms with Crippen LogP contribution >= 0.6 is 23.2 Å². The van der Waals surface area contributed by atoms with Crippen LogP contribution in [0.1, 0.15) is 176 Å².